The quantitative estimate of drug-likeness (QED) is 0.770. The molecule has 1 fully saturated rings. The van der Waals surface area contributed by atoms with Crippen LogP contribution in [0.2, 0.25) is 0 Å². The highest BCUT2D eigenvalue weighted by atomic mass is 15.3. The minimum Gasteiger partial charge on any atom is -0.314 e. The Morgan fingerprint density at radius 1 is 1.44 bits per heavy atom. The lowest BCUT2D eigenvalue weighted by molar-refractivity contribution is 0.258. The summed E-state index contributed by atoms with van der Waals surface area (Å²) >= 11 is 0. The van der Waals surface area contributed by atoms with Gasteiger partial charge in [0.15, 0.2) is 0 Å². The molecule has 18 heavy (non-hydrogen) atoms. The van der Waals surface area contributed by atoms with E-state index >= 15 is 0 Å². The second-order valence-electron chi connectivity index (χ2n) is 5.39. The summed E-state index contributed by atoms with van der Waals surface area (Å²) in [6, 6.07) is 0.570. The summed E-state index contributed by atoms with van der Waals surface area (Å²) < 4.78 is 2.06. The molecule has 1 heterocycles. The van der Waals surface area contributed by atoms with E-state index in [1.165, 1.54) is 25.7 Å². The third-order valence-corrected chi connectivity index (χ3v) is 3.90. The second-order valence-corrected chi connectivity index (χ2v) is 5.39. The average Bonchev–Trinajstić information content (AvgIpc) is 2.72. The van der Waals surface area contributed by atoms with Crippen LogP contribution in [0.4, 0.5) is 0 Å². The minimum atomic E-state index is 0.570. The first kappa shape index (κ1) is 13.5. The maximum Gasteiger partial charge on any atom is 0.138 e. The summed E-state index contributed by atoms with van der Waals surface area (Å²) in [5, 5.41) is 7.92. The van der Waals surface area contributed by atoms with Crippen LogP contribution >= 0.6 is 0 Å². The van der Waals surface area contributed by atoms with Gasteiger partial charge in [-0.2, -0.15) is 5.10 Å². The molecule has 0 aromatic carbocycles. The van der Waals surface area contributed by atoms with Gasteiger partial charge >= 0.3 is 0 Å². The Bertz CT molecular complexity index is 343. The Balaban J connectivity index is 1.91. The molecule has 1 N–H and O–H groups in total. The van der Waals surface area contributed by atoms with Crippen LogP contribution in [0.3, 0.4) is 0 Å². The largest absolute Gasteiger partial charge is 0.314 e. The molecule has 1 saturated carbocycles. The zero-order chi connectivity index (χ0) is 12.8. The van der Waals surface area contributed by atoms with Crippen LogP contribution in [0.5, 0.6) is 0 Å². The molecule has 0 amide bonds. The zero-order valence-electron chi connectivity index (χ0n) is 11.7. The zero-order valence-corrected chi connectivity index (χ0v) is 11.7. The molecule has 0 radical (unpaired) electrons. The molecule has 0 spiro atoms. The fourth-order valence-corrected chi connectivity index (χ4v) is 2.72. The van der Waals surface area contributed by atoms with Gasteiger partial charge in [-0.25, -0.2) is 4.98 Å². The normalized spacial score (nSPS) is 17.7. The number of rotatable bonds is 8. The van der Waals surface area contributed by atoms with Crippen molar-refractivity contribution in [1.82, 2.24) is 20.1 Å². The number of nitrogens with zero attached hydrogens (tertiary/aromatic N) is 3. The Morgan fingerprint density at radius 2 is 2.28 bits per heavy atom. The van der Waals surface area contributed by atoms with Gasteiger partial charge in [-0.3, -0.25) is 4.68 Å². The summed E-state index contributed by atoms with van der Waals surface area (Å²) in [5.74, 6) is 2.08. The van der Waals surface area contributed by atoms with Crippen molar-refractivity contribution in [3.63, 3.8) is 0 Å². The maximum atomic E-state index is 4.42. The van der Waals surface area contributed by atoms with Crippen LogP contribution in [-0.4, -0.2) is 27.4 Å². The van der Waals surface area contributed by atoms with Gasteiger partial charge < -0.3 is 5.32 Å². The summed E-state index contributed by atoms with van der Waals surface area (Å²) in [7, 11) is 0. The highest BCUT2D eigenvalue weighted by Crippen LogP contribution is 2.30. The van der Waals surface area contributed by atoms with Crippen LogP contribution in [0.25, 0.3) is 0 Å². The molecule has 1 unspecified atom stereocenters. The van der Waals surface area contributed by atoms with E-state index < -0.39 is 0 Å². The Hall–Kier alpha value is -0.900. The fourth-order valence-electron chi connectivity index (χ4n) is 2.72. The number of hydrogen-bond acceptors (Lipinski definition) is 3. The summed E-state index contributed by atoms with van der Waals surface area (Å²) in [6.07, 6.45) is 9.39. The average molecular weight is 250 g/mol. The third-order valence-electron chi connectivity index (χ3n) is 3.90. The van der Waals surface area contributed by atoms with Crippen LogP contribution in [0, 0.1) is 5.92 Å². The van der Waals surface area contributed by atoms with E-state index in [9.17, 15) is 0 Å². The van der Waals surface area contributed by atoms with E-state index in [4.69, 9.17) is 0 Å². The maximum absolute atomic E-state index is 4.42. The van der Waals surface area contributed by atoms with Gasteiger partial charge in [0, 0.05) is 19.0 Å². The van der Waals surface area contributed by atoms with Crippen LogP contribution < -0.4 is 5.32 Å². The standard InChI is InChI=1S/C14H26N4/c1-3-8-18-14(16-11-17-18)10-13(15-4-2)9-12-6-5-7-12/h11-13,15H,3-10H2,1-2H3. The van der Waals surface area contributed by atoms with Gasteiger partial charge in [0.05, 0.1) is 0 Å². The van der Waals surface area contributed by atoms with Crippen molar-refractivity contribution in [2.24, 2.45) is 5.92 Å². The van der Waals surface area contributed by atoms with E-state index in [0.29, 0.717) is 6.04 Å². The number of hydrogen-bond donors (Lipinski definition) is 1. The number of nitrogens with one attached hydrogen (secondary N) is 1. The smallest absolute Gasteiger partial charge is 0.138 e. The Morgan fingerprint density at radius 3 is 2.89 bits per heavy atom. The van der Waals surface area contributed by atoms with E-state index in [1.54, 1.807) is 6.33 Å². The SMILES string of the molecule is CCCn1ncnc1CC(CC1CCC1)NCC. The van der Waals surface area contributed by atoms with Crippen molar-refractivity contribution >= 4 is 0 Å². The molecular formula is C14H26N4. The molecular weight excluding hydrogens is 224 g/mol. The van der Waals surface area contributed by atoms with Crippen LogP contribution in [-0.2, 0) is 13.0 Å². The summed E-state index contributed by atoms with van der Waals surface area (Å²) in [4.78, 5) is 4.42. The molecule has 4 heteroatoms. The first-order valence-corrected chi connectivity index (χ1v) is 7.43. The van der Waals surface area contributed by atoms with Crippen molar-refractivity contribution in [3.05, 3.63) is 12.2 Å². The summed E-state index contributed by atoms with van der Waals surface area (Å²) in [6.45, 7) is 6.39. The summed E-state index contributed by atoms with van der Waals surface area (Å²) in [5.41, 5.74) is 0. The van der Waals surface area contributed by atoms with Crippen molar-refractivity contribution in [2.75, 3.05) is 6.54 Å². The fraction of sp³-hybridized carbons (Fsp3) is 0.857. The minimum absolute atomic E-state index is 0.570. The molecule has 1 aliphatic carbocycles. The number of aromatic nitrogens is 3. The lowest BCUT2D eigenvalue weighted by Gasteiger charge is -2.30. The molecule has 1 aromatic rings. The molecule has 4 nitrogen and oxygen atoms in total. The molecule has 1 atom stereocenters. The monoisotopic (exact) mass is 250 g/mol. The number of likely N-dealkylation sites (N-methyl/N-ethyl adjacent to an activating group) is 1. The molecule has 1 aromatic heterocycles. The van der Waals surface area contributed by atoms with Crippen molar-refractivity contribution in [2.45, 2.75) is 65.0 Å². The van der Waals surface area contributed by atoms with Gasteiger partial charge in [-0.15, -0.1) is 0 Å². The van der Waals surface area contributed by atoms with Crippen LogP contribution in [0.15, 0.2) is 6.33 Å². The van der Waals surface area contributed by atoms with Gasteiger partial charge in [0.2, 0.25) is 0 Å². The van der Waals surface area contributed by atoms with Crippen molar-refractivity contribution in [1.29, 1.82) is 0 Å². The van der Waals surface area contributed by atoms with Crippen LogP contribution in [0.1, 0.15) is 51.8 Å². The molecule has 102 valence electrons. The van der Waals surface area contributed by atoms with Gasteiger partial charge in [0.1, 0.15) is 12.2 Å². The van der Waals surface area contributed by atoms with E-state index in [-0.39, 0.29) is 0 Å². The topological polar surface area (TPSA) is 42.7 Å². The lowest BCUT2D eigenvalue weighted by Crippen LogP contribution is -2.35. The molecule has 0 bridgehead atoms. The lowest BCUT2D eigenvalue weighted by atomic mass is 9.80. The van der Waals surface area contributed by atoms with Gasteiger partial charge in [-0.05, 0) is 25.3 Å². The van der Waals surface area contributed by atoms with Gasteiger partial charge in [-0.1, -0.05) is 33.1 Å². The van der Waals surface area contributed by atoms with E-state index in [0.717, 1.165) is 37.7 Å². The number of aryl methyl sites for hydroxylation is 1. The third kappa shape index (κ3) is 3.55. The Kier molecular flexibility index (Phi) is 5.17. The van der Waals surface area contributed by atoms with Crippen molar-refractivity contribution < 1.29 is 0 Å². The predicted octanol–water partition coefficient (Wildman–Crippen LogP) is 2.40. The van der Waals surface area contributed by atoms with Crippen molar-refractivity contribution in [3.8, 4) is 0 Å². The highest BCUT2D eigenvalue weighted by molar-refractivity contribution is 4.91. The molecule has 0 aliphatic heterocycles. The molecule has 2 rings (SSSR count). The first-order chi connectivity index (χ1) is 8.83. The highest BCUT2D eigenvalue weighted by Gasteiger charge is 2.22. The Labute approximate surface area is 110 Å². The van der Waals surface area contributed by atoms with E-state index in [2.05, 4.69) is 33.9 Å². The predicted molar refractivity (Wildman–Crippen MR) is 73.4 cm³/mol. The van der Waals surface area contributed by atoms with Gasteiger partial charge in [0.25, 0.3) is 0 Å². The molecule has 1 aliphatic rings. The van der Waals surface area contributed by atoms with E-state index in [1.807, 2.05) is 0 Å². The second kappa shape index (κ2) is 6.88. The first-order valence-electron chi connectivity index (χ1n) is 7.43. The molecule has 0 saturated heterocycles.